The highest BCUT2D eigenvalue weighted by Gasteiger charge is 2.25. The third-order valence-corrected chi connectivity index (χ3v) is 4.69. The summed E-state index contributed by atoms with van der Waals surface area (Å²) in [4.78, 5) is 9.84. The van der Waals surface area contributed by atoms with Crippen LogP contribution >= 0.6 is 7.82 Å². The summed E-state index contributed by atoms with van der Waals surface area (Å²) in [5, 5.41) is 0. The third kappa shape index (κ3) is 13.1. The molecule has 0 bridgehead atoms. The maximum atomic E-state index is 12.0. The minimum absolute atomic E-state index is 0.0589. The average Bonchev–Trinajstić information content (AvgIpc) is 2.59. The molecule has 2 unspecified atom stereocenters. The van der Waals surface area contributed by atoms with Gasteiger partial charge in [0.05, 0.1) is 41.0 Å². The van der Waals surface area contributed by atoms with Crippen LogP contribution < -0.4 is 0 Å². The molecule has 0 heterocycles. The Balaban J connectivity index is 2.41. The minimum Gasteiger partial charge on any atom is -0.374 e. The number of nitrogens with zero attached hydrogens (tertiary/aromatic N) is 1. The van der Waals surface area contributed by atoms with Crippen LogP contribution in [0.4, 0.5) is 0 Å². The van der Waals surface area contributed by atoms with Gasteiger partial charge in [0, 0.05) is 6.61 Å². The normalized spacial score (nSPS) is 15.4. The van der Waals surface area contributed by atoms with Crippen molar-refractivity contribution in [3.63, 3.8) is 0 Å². The minimum atomic E-state index is -4.11. The zero-order chi connectivity index (χ0) is 20.2. The standard InChI is InChI=1S/C19H34NO6P/c1-5-6-13-24-19(16-23-15-18-10-8-7-9-11-18)17-26-27(21,22)25-14-12-20(2,3)4/h7-11,19H,5-6,12-17H2,1-4H3/p+1. The van der Waals surface area contributed by atoms with Crippen molar-refractivity contribution in [2.24, 2.45) is 0 Å². The zero-order valence-corrected chi connectivity index (χ0v) is 17.9. The molecule has 1 aromatic carbocycles. The summed E-state index contributed by atoms with van der Waals surface area (Å²) in [6.45, 7) is 4.04. The lowest BCUT2D eigenvalue weighted by molar-refractivity contribution is -0.870. The van der Waals surface area contributed by atoms with Gasteiger partial charge in [-0.3, -0.25) is 9.05 Å². The summed E-state index contributed by atoms with van der Waals surface area (Å²) >= 11 is 0. The van der Waals surface area contributed by atoms with Gasteiger partial charge in [-0.1, -0.05) is 43.7 Å². The highest BCUT2D eigenvalue weighted by atomic mass is 31.2. The van der Waals surface area contributed by atoms with Crippen LogP contribution in [0.5, 0.6) is 0 Å². The van der Waals surface area contributed by atoms with E-state index in [1.807, 2.05) is 51.5 Å². The van der Waals surface area contributed by atoms with Crippen LogP contribution in [0.25, 0.3) is 0 Å². The van der Waals surface area contributed by atoms with E-state index in [9.17, 15) is 9.46 Å². The van der Waals surface area contributed by atoms with Crippen LogP contribution in [0.3, 0.4) is 0 Å². The fourth-order valence-corrected chi connectivity index (χ4v) is 2.81. The number of quaternary nitrogens is 1. The fraction of sp³-hybridized carbons (Fsp3) is 0.684. The number of phosphoric ester groups is 1. The molecule has 0 saturated heterocycles. The van der Waals surface area contributed by atoms with Crippen molar-refractivity contribution in [1.82, 2.24) is 0 Å². The van der Waals surface area contributed by atoms with Crippen molar-refractivity contribution in [3.05, 3.63) is 35.9 Å². The number of hydrogen-bond donors (Lipinski definition) is 1. The fourth-order valence-electron chi connectivity index (χ4n) is 2.07. The van der Waals surface area contributed by atoms with Gasteiger partial charge in [0.2, 0.25) is 0 Å². The lowest BCUT2D eigenvalue weighted by atomic mass is 10.2. The van der Waals surface area contributed by atoms with Crippen molar-refractivity contribution in [2.45, 2.75) is 32.5 Å². The number of unbranched alkanes of at least 4 members (excludes halogenated alkanes) is 1. The molecule has 0 aliphatic rings. The van der Waals surface area contributed by atoms with Crippen LogP contribution in [0, 0.1) is 0 Å². The lowest BCUT2D eigenvalue weighted by Gasteiger charge is -2.24. The van der Waals surface area contributed by atoms with Crippen molar-refractivity contribution < 1.29 is 32.5 Å². The quantitative estimate of drug-likeness (QED) is 0.275. The molecule has 1 rings (SSSR count). The van der Waals surface area contributed by atoms with Crippen molar-refractivity contribution >= 4 is 7.82 Å². The van der Waals surface area contributed by atoms with E-state index in [0.717, 1.165) is 18.4 Å². The molecule has 0 aromatic heterocycles. The Morgan fingerprint density at radius 2 is 1.78 bits per heavy atom. The van der Waals surface area contributed by atoms with E-state index >= 15 is 0 Å². The molecule has 0 aliphatic heterocycles. The van der Waals surface area contributed by atoms with E-state index in [4.69, 9.17) is 18.5 Å². The Labute approximate surface area is 163 Å². The molecule has 8 heteroatoms. The molecule has 7 nitrogen and oxygen atoms in total. The summed E-state index contributed by atoms with van der Waals surface area (Å²) in [7, 11) is 1.83. The number of ether oxygens (including phenoxy) is 2. The molecule has 0 fully saturated rings. The first kappa shape index (κ1) is 24.2. The number of benzene rings is 1. The van der Waals surface area contributed by atoms with Crippen LogP contribution in [-0.4, -0.2) is 69.6 Å². The van der Waals surface area contributed by atoms with E-state index in [0.29, 0.717) is 24.2 Å². The monoisotopic (exact) mass is 404 g/mol. The second-order valence-corrected chi connectivity index (χ2v) is 8.91. The predicted octanol–water partition coefficient (Wildman–Crippen LogP) is 3.23. The number of likely N-dealkylation sites (N-methyl/N-ethyl adjacent to an activating group) is 1. The maximum absolute atomic E-state index is 12.0. The SMILES string of the molecule is CCCCOC(COCc1ccccc1)COP(=O)(O)OCC[N+](C)(C)C. The van der Waals surface area contributed by atoms with Crippen molar-refractivity contribution in [2.75, 3.05) is 54.1 Å². The van der Waals surface area contributed by atoms with Gasteiger partial charge in [0.25, 0.3) is 0 Å². The van der Waals surface area contributed by atoms with Crippen LogP contribution in [-0.2, 0) is 29.7 Å². The van der Waals surface area contributed by atoms with Gasteiger partial charge in [-0.05, 0) is 12.0 Å². The van der Waals surface area contributed by atoms with Gasteiger partial charge in [-0.25, -0.2) is 4.57 Å². The Morgan fingerprint density at radius 3 is 2.41 bits per heavy atom. The summed E-state index contributed by atoms with van der Waals surface area (Å²) in [6, 6.07) is 9.81. The molecule has 0 radical (unpaired) electrons. The Kier molecular flexibility index (Phi) is 11.3. The molecule has 0 spiro atoms. The van der Waals surface area contributed by atoms with Crippen LogP contribution in [0.2, 0.25) is 0 Å². The van der Waals surface area contributed by atoms with E-state index in [-0.39, 0.29) is 19.8 Å². The van der Waals surface area contributed by atoms with E-state index in [2.05, 4.69) is 6.92 Å². The summed E-state index contributed by atoms with van der Waals surface area (Å²) in [5.74, 6) is 0. The largest absolute Gasteiger partial charge is 0.472 e. The van der Waals surface area contributed by atoms with Gasteiger partial charge in [0.15, 0.2) is 0 Å². The van der Waals surface area contributed by atoms with E-state index in [1.165, 1.54) is 0 Å². The molecule has 1 N–H and O–H groups in total. The summed E-state index contributed by atoms with van der Waals surface area (Å²) in [5.41, 5.74) is 1.06. The molecule has 2 atom stereocenters. The van der Waals surface area contributed by atoms with Gasteiger partial charge in [-0.2, -0.15) is 0 Å². The van der Waals surface area contributed by atoms with E-state index < -0.39 is 13.9 Å². The molecule has 0 saturated carbocycles. The number of phosphoric acid groups is 1. The third-order valence-electron chi connectivity index (χ3n) is 3.71. The molecule has 0 amide bonds. The van der Waals surface area contributed by atoms with Gasteiger partial charge >= 0.3 is 7.82 Å². The number of rotatable bonds is 15. The summed E-state index contributed by atoms with van der Waals surface area (Å²) in [6.07, 6.45) is 1.49. The Hall–Kier alpha value is -0.790. The molecular formula is C19H35NO6P+. The second-order valence-electron chi connectivity index (χ2n) is 7.46. The second kappa shape index (κ2) is 12.6. The first-order valence-corrected chi connectivity index (χ1v) is 10.9. The average molecular weight is 404 g/mol. The molecule has 1 aromatic rings. The topological polar surface area (TPSA) is 74.2 Å². The van der Waals surface area contributed by atoms with Gasteiger partial charge in [0.1, 0.15) is 19.3 Å². The first-order chi connectivity index (χ1) is 12.7. The molecule has 27 heavy (non-hydrogen) atoms. The van der Waals surface area contributed by atoms with E-state index in [1.54, 1.807) is 0 Å². The van der Waals surface area contributed by atoms with Crippen molar-refractivity contribution in [1.29, 1.82) is 0 Å². The lowest BCUT2D eigenvalue weighted by Crippen LogP contribution is -2.37. The zero-order valence-electron chi connectivity index (χ0n) is 17.0. The Bertz CT molecular complexity index is 549. The van der Waals surface area contributed by atoms with Gasteiger partial charge < -0.3 is 18.9 Å². The molecule has 0 aliphatic carbocycles. The smallest absolute Gasteiger partial charge is 0.374 e. The number of hydrogen-bond acceptors (Lipinski definition) is 5. The van der Waals surface area contributed by atoms with Crippen LogP contribution in [0.15, 0.2) is 30.3 Å². The maximum Gasteiger partial charge on any atom is 0.472 e. The van der Waals surface area contributed by atoms with Crippen molar-refractivity contribution in [3.8, 4) is 0 Å². The highest BCUT2D eigenvalue weighted by molar-refractivity contribution is 7.47. The van der Waals surface area contributed by atoms with Gasteiger partial charge in [-0.15, -0.1) is 0 Å². The predicted molar refractivity (Wildman–Crippen MR) is 105 cm³/mol. The first-order valence-electron chi connectivity index (χ1n) is 9.37. The van der Waals surface area contributed by atoms with Crippen LogP contribution in [0.1, 0.15) is 25.3 Å². The molecule has 156 valence electrons. The Morgan fingerprint density at radius 1 is 1.07 bits per heavy atom. The molecular weight excluding hydrogens is 369 g/mol. The highest BCUT2D eigenvalue weighted by Crippen LogP contribution is 2.43. The summed E-state index contributed by atoms with van der Waals surface area (Å²) < 4.78 is 34.2.